The van der Waals surface area contributed by atoms with Gasteiger partial charge in [0, 0.05) is 0 Å². The van der Waals surface area contributed by atoms with E-state index in [-0.39, 0.29) is 25.2 Å². The molecule has 1 saturated carbocycles. The van der Waals surface area contributed by atoms with Gasteiger partial charge in [0.15, 0.2) is 0 Å². The van der Waals surface area contributed by atoms with Crippen molar-refractivity contribution >= 4 is 6.09 Å². The number of aliphatic hydroxyl groups excluding tert-OH is 2. The molecule has 1 amide bonds. The highest BCUT2D eigenvalue weighted by atomic mass is 19.4. The number of hydrogen-bond acceptors (Lipinski definition) is 5. The van der Waals surface area contributed by atoms with E-state index in [0.717, 1.165) is 24.8 Å². The van der Waals surface area contributed by atoms with Gasteiger partial charge in [0.05, 0.1) is 30.9 Å². The quantitative estimate of drug-likeness (QED) is 0.295. The van der Waals surface area contributed by atoms with Crippen LogP contribution in [0.25, 0.3) is 0 Å². The summed E-state index contributed by atoms with van der Waals surface area (Å²) in [6.45, 7) is 4.04. The number of carbonyl (C=O) groups is 1. The lowest BCUT2D eigenvalue weighted by Gasteiger charge is -2.32. The van der Waals surface area contributed by atoms with Gasteiger partial charge in [0.25, 0.3) is 0 Å². The third-order valence-corrected chi connectivity index (χ3v) is 6.60. The van der Waals surface area contributed by atoms with Crippen LogP contribution in [-0.4, -0.2) is 47.3 Å². The van der Waals surface area contributed by atoms with Gasteiger partial charge in [-0.05, 0) is 70.1 Å². The number of carbonyl (C=O) groups excluding carboxylic acids is 1. The molecule has 9 heteroatoms. The molecule has 6 nitrogen and oxygen atoms in total. The van der Waals surface area contributed by atoms with Crippen LogP contribution in [0.1, 0.15) is 89.7 Å². The summed E-state index contributed by atoms with van der Waals surface area (Å²) in [6.07, 6.45) is 3.79. The maximum absolute atomic E-state index is 13.7. The van der Waals surface area contributed by atoms with Crippen molar-refractivity contribution in [3.05, 3.63) is 29.3 Å². The molecule has 2 rings (SSSR count). The fourth-order valence-corrected chi connectivity index (χ4v) is 4.53. The summed E-state index contributed by atoms with van der Waals surface area (Å²) in [5, 5.41) is 22.1. The van der Waals surface area contributed by atoms with E-state index in [1.54, 1.807) is 26.8 Å². The van der Waals surface area contributed by atoms with Gasteiger partial charge in [-0.1, -0.05) is 44.6 Å². The van der Waals surface area contributed by atoms with Crippen LogP contribution in [0.2, 0.25) is 0 Å². The minimum Gasteiger partial charge on any atom is -0.493 e. The Morgan fingerprint density at radius 2 is 1.72 bits per heavy atom. The lowest BCUT2D eigenvalue weighted by atomic mass is 9.86. The molecule has 1 aromatic rings. The predicted octanol–water partition coefficient (Wildman–Crippen LogP) is 6.02. The highest BCUT2D eigenvalue weighted by Crippen LogP contribution is 2.37. The second-order valence-corrected chi connectivity index (χ2v) is 10.9. The Morgan fingerprint density at radius 1 is 1.06 bits per heavy atom. The van der Waals surface area contributed by atoms with Crippen LogP contribution >= 0.6 is 0 Å². The number of benzene rings is 1. The second-order valence-electron chi connectivity index (χ2n) is 10.9. The zero-order valence-electron chi connectivity index (χ0n) is 21.8. The lowest BCUT2D eigenvalue weighted by Crippen LogP contribution is -2.55. The van der Waals surface area contributed by atoms with Crippen LogP contribution in [0, 0.1) is 5.92 Å². The van der Waals surface area contributed by atoms with Crippen molar-refractivity contribution in [1.82, 2.24) is 5.32 Å². The Bertz CT molecular complexity index is 813. The molecule has 0 bridgehead atoms. The van der Waals surface area contributed by atoms with E-state index in [1.807, 2.05) is 0 Å². The van der Waals surface area contributed by atoms with Crippen LogP contribution < -0.4 is 10.1 Å². The van der Waals surface area contributed by atoms with Crippen molar-refractivity contribution in [1.29, 1.82) is 0 Å². The Hall–Kier alpha value is -2.00. The zero-order valence-corrected chi connectivity index (χ0v) is 21.8. The molecule has 1 aliphatic rings. The van der Waals surface area contributed by atoms with Crippen LogP contribution in [-0.2, 0) is 17.3 Å². The molecule has 1 fully saturated rings. The standard InChI is InChI=1S/C27H42F3NO5/c1-25(2,3)36-24(34)31-26(18-32,19-33)15-14-21-12-13-23(22(17-21)27(28,29)30)35-16-8-7-11-20-9-5-4-6-10-20/h12-13,17,20,32-33H,4-11,14-16,18-19H2,1-3H3,(H,31,34). The van der Waals surface area contributed by atoms with Gasteiger partial charge in [0.2, 0.25) is 0 Å². The van der Waals surface area contributed by atoms with Crippen molar-refractivity contribution in [2.75, 3.05) is 19.8 Å². The first-order valence-electron chi connectivity index (χ1n) is 12.9. The number of amides is 1. The smallest absolute Gasteiger partial charge is 0.419 e. The Morgan fingerprint density at radius 3 is 2.31 bits per heavy atom. The molecule has 0 heterocycles. The number of alkyl halides is 3. The zero-order chi connectivity index (χ0) is 26.8. The Labute approximate surface area is 212 Å². The normalized spacial score (nSPS) is 15.6. The van der Waals surface area contributed by atoms with Crippen LogP contribution in [0.4, 0.5) is 18.0 Å². The SMILES string of the molecule is CC(C)(C)OC(=O)NC(CO)(CO)CCc1ccc(OCCCCC2CCCCC2)c(C(F)(F)F)c1. The molecule has 206 valence electrons. The number of aryl methyl sites for hydroxylation is 1. The summed E-state index contributed by atoms with van der Waals surface area (Å²) in [5.41, 5.74) is -2.72. The fourth-order valence-electron chi connectivity index (χ4n) is 4.53. The van der Waals surface area contributed by atoms with E-state index in [0.29, 0.717) is 12.0 Å². The van der Waals surface area contributed by atoms with E-state index >= 15 is 0 Å². The average molecular weight is 518 g/mol. The molecule has 0 radical (unpaired) electrons. The van der Waals surface area contributed by atoms with Crippen molar-refractivity contribution in [3.63, 3.8) is 0 Å². The summed E-state index contributed by atoms with van der Waals surface area (Å²) in [6, 6.07) is 3.89. The summed E-state index contributed by atoms with van der Waals surface area (Å²) in [4.78, 5) is 12.1. The number of nitrogens with one attached hydrogen (secondary N) is 1. The summed E-state index contributed by atoms with van der Waals surface area (Å²) in [7, 11) is 0. The van der Waals surface area contributed by atoms with Gasteiger partial charge >= 0.3 is 12.3 Å². The fraction of sp³-hybridized carbons (Fsp3) is 0.741. The number of aliphatic hydroxyl groups is 2. The molecule has 0 spiro atoms. The number of ether oxygens (including phenoxy) is 2. The van der Waals surface area contributed by atoms with E-state index in [9.17, 15) is 28.2 Å². The van der Waals surface area contributed by atoms with Crippen molar-refractivity contribution < 1.29 is 37.7 Å². The largest absolute Gasteiger partial charge is 0.493 e. The third kappa shape index (κ3) is 10.2. The monoisotopic (exact) mass is 517 g/mol. The third-order valence-electron chi connectivity index (χ3n) is 6.60. The molecule has 0 aliphatic heterocycles. The van der Waals surface area contributed by atoms with Gasteiger partial charge in [-0.2, -0.15) is 13.2 Å². The maximum Gasteiger partial charge on any atom is 0.419 e. The Balaban J connectivity index is 1.98. The van der Waals surface area contributed by atoms with Crippen molar-refractivity contribution in [2.45, 2.75) is 102 Å². The molecule has 3 N–H and O–H groups in total. The molecule has 0 saturated heterocycles. The molecule has 0 unspecified atom stereocenters. The number of hydrogen-bond donors (Lipinski definition) is 3. The van der Waals surface area contributed by atoms with Gasteiger partial charge in [0.1, 0.15) is 11.4 Å². The van der Waals surface area contributed by atoms with Crippen LogP contribution in [0.3, 0.4) is 0 Å². The van der Waals surface area contributed by atoms with Crippen molar-refractivity contribution in [3.8, 4) is 5.75 Å². The average Bonchev–Trinajstić information content (AvgIpc) is 2.81. The first kappa shape index (κ1) is 30.2. The first-order valence-corrected chi connectivity index (χ1v) is 12.9. The van der Waals surface area contributed by atoms with Gasteiger partial charge in [-0.25, -0.2) is 4.79 Å². The van der Waals surface area contributed by atoms with E-state index in [4.69, 9.17) is 9.47 Å². The second kappa shape index (κ2) is 13.5. The molecular weight excluding hydrogens is 475 g/mol. The lowest BCUT2D eigenvalue weighted by molar-refractivity contribution is -0.139. The van der Waals surface area contributed by atoms with Gasteiger partial charge < -0.3 is 25.0 Å². The number of rotatable bonds is 12. The molecule has 1 aliphatic carbocycles. The number of alkyl carbamates (subject to hydrolysis) is 1. The number of halogens is 3. The highest BCUT2D eigenvalue weighted by Gasteiger charge is 2.36. The minimum atomic E-state index is -4.59. The molecule has 1 aromatic carbocycles. The van der Waals surface area contributed by atoms with Crippen molar-refractivity contribution in [2.24, 2.45) is 5.92 Å². The summed E-state index contributed by atoms with van der Waals surface area (Å²) < 4.78 is 51.9. The van der Waals surface area contributed by atoms with E-state index < -0.39 is 42.2 Å². The molecule has 36 heavy (non-hydrogen) atoms. The van der Waals surface area contributed by atoms with Crippen LogP contribution in [0.5, 0.6) is 5.75 Å². The van der Waals surface area contributed by atoms with Crippen LogP contribution in [0.15, 0.2) is 18.2 Å². The van der Waals surface area contributed by atoms with E-state index in [2.05, 4.69) is 5.32 Å². The summed E-state index contributed by atoms with van der Waals surface area (Å²) >= 11 is 0. The Kier molecular flexibility index (Phi) is 11.3. The molecule has 0 aromatic heterocycles. The predicted molar refractivity (Wildman–Crippen MR) is 132 cm³/mol. The summed E-state index contributed by atoms with van der Waals surface area (Å²) in [5.74, 6) is 0.532. The molecular formula is C27H42F3NO5. The first-order chi connectivity index (χ1) is 16.9. The topological polar surface area (TPSA) is 88.0 Å². The van der Waals surface area contributed by atoms with E-state index in [1.165, 1.54) is 38.2 Å². The van der Waals surface area contributed by atoms with Gasteiger partial charge in [-0.15, -0.1) is 0 Å². The number of unbranched alkanes of at least 4 members (excludes halogenated alkanes) is 1. The minimum absolute atomic E-state index is 0.0118. The highest BCUT2D eigenvalue weighted by molar-refractivity contribution is 5.68. The molecule has 0 atom stereocenters. The maximum atomic E-state index is 13.7. The van der Waals surface area contributed by atoms with Gasteiger partial charge in [-0.3, -0.25) is 0 Å².